The second kappa shape index (κ2) is 10.4. The van der Waals surface area contributed by atoms with Crippen LogP contribution in [0, 0.1) is 18.3 Å². The molecule has 3 rings (SSSR count). The van der Waals surface area contributed by atoms with E-state index in [0.29, 0.717) is 18.9 Å². The number of fused-ring (bicyclic) bond motifs is 1. The SMILES string of the molecule is CC(=O)N[C@@H](CC(C)C(N)=O)C(=O)N1CC(=O)C2C1CCN2C(=O)[CH]CC1CCCCC1. The van der Waals surface area contributed by atoms with E-state index in [9.17, 15) is 24.0 Å². The Labute approximate surface area is 189 Å². The van der Waals surface area contributed by atoms with Crippen LogP contribution in [0.3, 0.4) is 0 Å². The first-order valence-electron chi connectivity index (χ1n) is 11.7. The molecule has 2 saturated heterocycles. The minimum absolute atomic E-state index is 0.0631. The molecular formula is C23H35N4O5. The summed E-state index contributed by atoms with van der Waals surface area (Å²) in [4.78, 5) is 65.1. The summed E-state index contributed by atoms with van der Waals surface area (Å²) in [6.45, 7) is 3.22. The van der Waals surface area contributed by atoms with Crippen LogP contribution in [0.25, 0.3) is 0 Å². The highest BCUT2D eigenvalue weighted by Gasteiger charge is 2.52. The average Bonchev–Trinajstić information content (AvgIpc) is 3.33. The molecule has 3 unspecified atom stereocenters. The number of likely N-dealkylation sites (tertiary alicyclic amines) is 2. The van der Waals surface area contributed by atoms with Gasteiger partial charge in [0, 0.05) is 19.4 Å². The van der Waals surface area contributed by atoms with Crippen LogP contribution in [0.1, 0.15) is 65.2 Å². The van der Waals surface area contributed by atoms with Crippen LogP contribution in [0.4, 0.5) is 0 Å². The first-order chi connectivity index (χ1) is 15.2. The second-order valence-corrected chi connectivity index (χ2v) is 9.50. The van der Waals surface area contributed by atoms with Gasteiger partial charge in [-0.1, -0.05) is 39.0 Å². The molecule has 0 aromatic rings. The van der Waals surface area contributed by atoms with Gasteiger partial charge < -0.3 is 20.9 Å². The van der Waals surface area contributed by atoms with Gasteiger partial charge in [-0.2, -0.15) is 0 Å². The Hall–Kier alpha value is -2.45. The Bertz CT molecular complexity index is 763. The third-order valence-corrected chi connectivity index (χ3v) is 7.09. The van der Waals surface area contributed by atoms with Crippen molar-refractivity contribution in [3.63, 3.8) is 0 Å². The van der Waals surface area contributed by atoms with Crippen molar-refractivity contribution in [3.8, 4) is 0 Å². The number of amides is 4. The van der Waals surface area contributed by atoms with Crippen LogP contribution in [-0.4, -0.2) is 70.4 Å². The second-order valence-electron chi connectivity index (χ2n) is 9.50. The first-order valence-corrected chi connectivity index (χ1v) is 11.7. The third-order valence-electron chi connectivity index (χ3n) is 7.09. The molecule has 4 atom stereocenters. The van der Waals surface area contributed by atoms with Gasteiger partial charge in [0.25, 0.3) is 0 Å². The number of ketones is 1. The lowest BCUT2D eigenvalue weighted by Gasteiger charge is -2.29. The molecule has 9 heteroatoms. The van der Waals surface area contributed by atoms with Gasteiger partial charge in [-0.3, -0.25) is 24.0 Å². The Morgan fingerprint density at radius 2 is 1.81 bits per heavy atom. The monoisotopic (exact) mass is 447 g/mol. The molecule has 0 spiro atoms. The zero-order valence-corrected chi connectivity index (χ0v) is 19.0. The molecule has 1 aliphatic carbocycles. The number of carbonyl (C=O) groups excluding carboxylic acids is 5. The molecule has 3 fully saturated rings. The predicted octanol–water partition coefficient (Wildman–Crippen LogP) is 0.558. The van der Waals surface area contributed by atoms with E-state index in [1.807, 2.05) is 0 Å². The van der Waals surface area contributed by atoms with E-state index in [1.165, 1.54) is 31.1 Å². The molecular weight excluding hydrogens is 412 g/mol. The van der Waals surface area contributed by atoms with E-state index in [2.05, 4.69) is 5.32 Å². The summed E-state index contributed by atoms with van der Waals surface area (Å²) in [5.74, 6) is -1.74. The summed E-state index contributed by atoms with van der Waals surface area (Å²) >= 11 is 0. The van der Waals surface area contributed by atoms with Crippen molar-refractivity contribution in [3.05, 3.63) is 6.42 Å². The lowest BCUT2D eigenvalue weighted by Crippen LogP contribution is -2.51. The van der Waals surface area contributed by atoms with Gasteiger partial charge in [-0.05, 0) is 25.2 Å². The normalized spacial score (nSPS) is 25.4. The van der Waals surface area contributed by atoms with Crippen LogP contribution in [0.15, 0.2) is 0 Å². The number of hydrogen-bond acceptors (Lipinski definition) is 5. The molecule has 4 amide bonds. The Morgan fingerprint density at radius 3 is 2.44 bits per heavy atom. The van der Waals surface area contributed by atoms with Crippen LogP contribution in [0.2, 0.25) is 0 Å². The number of primary amides is 1. The molecule has 0 aromatic carbocycles. The molecule has 32 heavy (non-hydrogen) atoms. The number of nitrogens with one attached hydrogen (secondary N) is 1. The maximum atomic E-state index is 13.2. The highest BCUT2D eigenvalue weighted by Crippen LogP contribution is 2.32. The maximum Gasteiger partial charge on any atom is 0.245 e. The Balaban J connectivity index is 1.64. The third kappa shape index (κ3) is 5.48. The predicted molar refractivity (Wildman–Crippen MR) is 117 cm³/mol. The quantitative estimate of drug-likeness (QED) is 0.561. The molecule has 177 valence electrons. The van der Waals surface area contributed by atoms with Crippen molar-refractivity contribution < 1.29 is 24.0 Å². The van der Waals surface area contributed by atoms with Crippen molar-refractivity contribution in [1.82, 2.24) is 15.1 Å². The number of nitrogens with zero attached hydrogens (tertiary/aromatic N) is 2. The lowest BCUT2D eigenvalue weighted by molar-refractivity contribution is -0.138. The van der Waals surface area contributed by atoms with Gasteiger partial charge in [-0.25, -0.2) is 0 Å². The number of rotatable bonds is 8. The molecule has 2 heterocycles. The summed E-state index contributed by atoms with van der Waals surface area (Å²) in [5, 5.41) is 2.59. The number of Topliss-reactive ketones (excluding diaryl/α,β-unsaturated/α-hetero) is 1. The first kappa shape index (κ1) is 24.2. The lowest BCUT2D eigenvalue weighted by atomic mass is 9.86. The number of carbonyl (C=O) groups is 5. The number of hydrogen-bond donors (Lipinski definition) is 2. The van der Waals surface area contributed by atoms with Crippen molar-refractivity contribution in [2.75, 3.05) is 13.1 Å². The topological polar surface area (TPSA) is 130 Å². The van der Waals surface area contributed by atoms with Gasteiger partial charge in [0.2, 0.25) is 23.6 Å². The molecule has 3 N–H and O–H groups in total. The van der Waals surface area contributed by atoms with Crippen molar-refractivity contribution in [2.24, 2.45) is 17.6 Å². The standard InChI is InChI=1S/C23H35N4O5/c1-14(22(24)31)12-17(25-15(2)28)23(32)27-13-19(29)21-18(27)10-11-26(21)20(30)9-8-16-6-4-3-5-7-16/h9,14,16-18,21H,3-8,10-13H2,1-2H3,(H2,24,31)(H,25,28)/t14?,17-,18?,21?/m0/s1. The highest BCUT2D eigenvalue weighted by atomic mass is 16.2. The zero-order valence-electron chi connectivity index (χ0n) is 19.0. The summed E-state index contributed by atoms with van der Waals surface area (Å²) in [7, 11) is 0. The van der Waals surface area contributed by atoms with E-state index in [4.69, 9.17) is 5.73 Å². The van der Waals surface area contributed by atoms with Crippen molar-refractivity contribution in [1.29, 1.82) is 0 Å². The van der Waals surface area contributed by atoms with Crippen molar-refractivity contribution in [2.45, 2.75) is 83.3 Å². The van der Waals surface area contributed by atoms with E-state index in [0.717, 1.165) is 19.3 Å². The summed E-state index contributed by atoms with van der Waals surface area (Å²) < 4.78 is 0. The van der Waals surface area contributed by atoms with E-state index in [-0.39, 0.29) is 24.7 Å². The van der Waals surface area contributed by atoms with Gasteiger partial charge in [0.05, 0.1) is 19.0 Å². The number of nitrogens with two attached hydrogens (primary N) is 1. The fourth-order valence-electron chi connectivity index (χ4n) is 5.30. The van der Waals surface area contributed by atoms with Gasteiger partial charge in [0.15, 0.2) is 5.78 Å². The molecule has 2 aliphatic heterocycles. The smallest absolute Gasteiger partial charge is 0.245 e. The minimum atomic E-state index is -0.941. The van der Waals surface area contributed by atoms with Crippen molar-refractivity contribution >= 4 is 29.4 Å². The summed E-state index contributed by atoms with van der Waals surface area (Å²) in [6.07, 6.45) is 8.99. The molecule has 0 bridgehead atoms. The Kier molecular flexibility index (Phi) is 7.90. The Morgan fingerprint density at radius 1 is 1.12 bits per heavy atom. The zero-order chi connectivity index (χ0) is 23.4. The van der Waals surface area contributed by atoms with Crippen LogP contribution in [-0.2, 0) is 24.0 Å². The molecule has 0 aromatic heterocycles. The summed E-state index contributed by atoms with van der Waals surface area (Å²) in [6, 6.07) is -1.98. The molecule has 3 aliphatic rings. The highest BCUT2D eigenvalue weighted by molar-refractivity contribution is 6.00. The largest absolute Gasteiger partial charge is 0.369 e. The van der Waals surface area contributed by atoms with Gasteiger partial charge in [0.1, 0.15) is 12.1 Å². The van der Waals surface area contributed by atoms with Gasteiger partial charge >= 0.3 is 0 Å². The van der Waals surface area contributed by atoms with Crippen LogP contribution < -0.4 is 11.1 Å². The van der Waals surface area contributed by atoms with E-state index >= 15 is 0 Å². The fourth-order valence-corrected chi connectivity index (χ4v) is 5.30. The van der Waals surface area contributed by atoms with E-state index < -0.39 is 41.8 Å². The minimum Gasteiger partial charge on any atom is -0.369 e. The van der Waals surface area contributed by atoms with Crippen LogP contribution in [0.5, 0.6) is 0 Å². The summed E-state index contributed by atoms with van der Waals surface area (Å²) in [5.41, 5.74) is 5.33. The molecule has 9 nitrogen and oxygen atoms in total. The van der Waals surface area contributed by atoms with Gasteiger partial charge in [-0.15, -0.1) is 0 Å². The molecule has 1 radical (unpaired) electrons. The fraction of sp³-hybridized carbons (Fsp3) is 0.739. The van der Waals surface area contributed by atoms with Crippen LogP contribution >= 0.6 is 0 Å². The maximum absolute atomic E-state index is 13.2. The average molecular weight is 448 g/mol. The van der Waals surface area contributed by atoms with E-state index in [1.54, 1.807) is 18.2 Å². The molecule has 1 saturated carbocycles.